The van der Waals surface area contributed by atoms with Crippen LogP contribution in [0.1, 0.15) is 27.3 Å². The highest BCUT2D eigenvalue weighted by Crippen LogP contribution is 2.40. The van der Waals surface area contributed by atoms with Gasteiger partial charge >= 0.3 is 12.1 Å². The summed E-state index contributed by atoms with van der Waals surface area (Å²) in [5.74, 6) is -1.24. The molecule has 1 N–H and O–H groups in total. The second kappa shape index (κ2) is 9.51. The summed E-state index contributed by atoms with van der Waals surface area (Å²) < 4.78 is 62.8. The highest BCUT2D eigenvalue weighted by atomic mass is 19.4. The summed E-state index contributed by atoms with van der Waals surface area (Å²) in [7, 11) is 0. The molecule has 0 radical (unpaired) electrons. The summed E-state index contributed by atoms with van der Waals surface area (Å²) in [5.41, 5.74) is 1.14. The van der Waals surface area contributed by atoms with Gasteiger partial charge in [0.25, 0.3) is 0 Å². The van der Waals surface area contributed by atoms with E-state index in [4.69, 9.17) is 4.74 Å². The van der Waals surface area contributed by atoms with E-state index < -0.39 is 23.5 Å². The second-order valence-corrected chi connectivity index (χ2v) is 8.86. The zero-order valence-corrected chi connectivity index (χ0v) is 19.8. The zero-order valence-electron chi connectivity index (χ0n) is 19.8. The average Bonchev–Trinajstić information content (AvgIpc) is 3.18. The van der Waals surface area contributed by atoms with Crippen molar-refractivity contribution in [2.75, 3.05) is 31.2 Å². The molecule has 1 fully saturated rings. The van der Waals surface area contributed by atoms with Crippen molar-refractivity contribution in [1.82, 2.24) is 9.55 Å². The molecule has 1 aliphatic heterocycles. The largest absolute Gasteiger partial charge is 0.478 e. The van der Waals surface area contributed by atoms with Gasteiger partial charge in [-0.25, -0.2) is 14.2 Å². The molecule has 10 heteroatoms. The molecule has 1 saturated heterocycles. The third-order valence-electron chi connectivity index (χ3n) is 6.55. The topological polar surface area (TPSA) is 67.6 Å². The number of carboxylic acids is 1. The number of hydrogen-bond donors (Lipinski definition) is 1. The SMILES string of the molecule is Cc1nc2c(C(=O)O)cc(N3CCOCC3)cc2n1Cc1cccc(C(F)(F)F)c1-c1ccc(F)cc1. The molecule has 0 saturated carbocycles. The van der Waals surface area contributed by atoms with Crippen LogP contribution in [0.2, 0.25) is 0 Å². The first-order valence-corrected chi connectivity index (χ1v) is 11.7. The number of carbonyl (C=O) groups is 1. The predicted octanol–water partition coefficient (Wildman–Crippen LogP) is 5.75. The molecular formula is C27H23F4N3O3. The minimum absolute atomic E-state index is 0.00455. The van der Waals surface area contributed by atoms with Crippen molar-refractivity contribution in [2.45, 2.75) is 19.6 Å². The van der Waals surface area contributed by atoms with Crippen LogP contribution < -0.4 is 4.90 Å². The van der Waals surface area contributed by atoms with Crippen LogP contribution in [0.4, 0.5) is 23.2 Å². The number of aryl methyl sites for hydroxylation is 1. The van der Waals surface area contributed by atoms with E-state index in [9.17, 15) is 27.5 Å². The van der Waals surface area contributed by atoms with Crippen LogP contribution in [0.25, 0.3) is 22.2 Å². The molecular weight excluding hydrogens is 490 g/mol. The number of morpholine rings is 1. The maximum Gasteiger partial charge on any atom is 0.417 e. The lowest BCUT2D eigenvalue weighted by Crippen LogP contribution is -2.36. The Balaban J connectivity index is 1.69. The van der Waals surface area contributed by atoms with E-state index in [-0.39, 0.29) is 28.8 Å². The molecule has 0 aliphatic carbocycles. The number of fused-ring (bicyclic) bond motifs is 1. The zero-order chi connectivity index (χ0) is 26.3. The number of rotatable bonds is 5. The summed E-state index contributed by atoms with van der Waals surface area (Å²) in [5, 5.41) is 9.89. The molecule has 5 rings (SSSR count). The Morgan fingerprint density at radius 1 is 1.08 bits per heavy atom. The van der Waals surface area contributed by atoms with Crippen molar-refractivity contribution in [3.05, 3.63) is 82.9 Å². The van der Waals surface area contributed by atoms with Gasteiger partial charge in [0.1, 0.15) is 17.2 Å². The van der Waals surface area contributed by atoms with Gasteiger partial charge in [-0.2, -0.15) is 13.2 Å². The van der Waals surface area contributed by atoms with E-state index in [0.717, 1.165) is 18.2 Å². The van der Waals surface area contributed by atoms with Gasteiger partial charge in [0.05, 0.1) is 29.9 Å². The van der Waals surface area contributed by atoms with E-state index in [1.54, 1.807) is 23.6 Å². The number of anilines is 1. The maximum absolute atomic E-state index is 14.0. The Hall–Kier alpha value is -3.92. The minimum Gasteiger partial charge on any atom is -0.478 e. The standard InChI is InChI=1S/C27H23F4N3O3/c1-16-32-25-21(26(35)36)13-20(33-9-11-37-12-10-33)14-23(25)34(16)15-18-3-2-4-22(27(29,30)31)24(18)17-5-7-19(28)8-6-17/h2-8,13-14H,9-12,15H2,1H3,(H,35,36). The molecule has 6 nitrogen and oxygen atoms in total. The summed E-state index contributed by atoms with van der Waals surface area (Å²) in [6, 6.07) is 12.2. The monoisotopic (exact) mass is 513 g/mol. The Bertz CT molecular complexity index is 1470. The lowest BCUT2D eigenvalue weighted by atomic mass is 9.93. The fourth-order valence-electron chi connectivity index (χ4n) is 4.79. The van der Waals surface area contributed by atoms with Gasteiger partial charge in [-0.3, -0.25) is 0 Å². The van der Waals surface area contributed by atoms with Gasteiger partial charge in [0.15, 0.2) is 0 Å². The Kier molecular flexibility index (Phi) is 6.36. The summed E-state index contributed by atoms with van der Waals surface area (Å²) >= 11 is 0. The van der Waals surface area contributed by atoms with E-state index in [1.165, 1.54) is 18.2 Å². The number of aromatic carboxylic acids is 1. The van der Waals surface area contributed by atoms with Crippen molar-refractivity contribution in [1.29, 1.82) is 0 Å². The van der Waals surface area contributed by atoms with Crippen molar-refractivity contribution in [3.63, 3.8) is 0 Å². The molecule has 1 aliphatic rings. The summed E-state index contributed by atoms with van der Waals surface area (Å²) in [6.45, 7) is 3.86. The number of alkyl halides is 3. The number of ether oxygens (including phenoxy) is 1. The number of halogens is 4. The summed E-state index contributed by atoms with van der Waals surface area (Å²) in [6.07, 6.45) is -4.63. The third kappa shape index (κ3) is 4.76. The molecule has 192 valence electrons. The van der Waals surface area contributed by atoms with Crippen LogP contribution >= 0.6 is 0 Å². The van der Waals surface area contributed by atoms with Crippen LogP contribution in [0, 0.1) is 12.7 Å². The molecule has 0 spiro atoms. The van der Waals surface area contributed by atoms with Gasteiger partial charge in [-0.05, 0) is 53.9 Å². The molecule has 4 aromatic rings. The van der Waals surface area contributed by atoms with Crippen LogP contribution in [-0.4, -0.2) is 46.9 Å². The Morgan fingerprint density at radius 3 is 2.43 bits per heavy atom. The van der Waals surface area contributed by atoms with Gasteiger partial charge in [-0.15, -0.1) is 0 Å². The number of hydrogen-bond acceptors (Lipinski definition) is 4. The average molecular weight is 513 g/mol. The number of carboxylic acid groups (broad SMARTS) is 1. The van der Waals surface area contributed by atoms with Crippen LogP contribution in [0.3, 0.4) is 0 Å². The first-order chi connectivity index (χ1) is 17.6. The quantitative estimate of drug-likeness (QED) is 0.344. The molecule has 0 bridgehead atoms. The molecule has 0 atom stereocenters. The number of imidazole rings is 1. The van der Waals surface area contributed by atoms with Crippen molar-refractivity contribution >= 4 is 22.7 Å². The highest BCUT2D eigenvalue weighted by Gasteiger charge is 2.35. The number of benzene rings is 3. The van der Waals surface area contributed by atoms with E-state index in [2.05, 4.69) is 4.98 Å². The van der Waals surface area contributed by atoms with E-state index >= 15 is 0 Å². The van der Waals surface area contributed by atoms with E-state index in [0.29, 0.717) is 48.9 Å². The van der Waals surface area contributed by atoms with Gasteiger partial charge in [0.2, 0.25) is 0 Å². The lowest BCUT2D eigenvalue weighted by Gasteiger charge is -2.29. The number of aromatic nitrogens is 2. The van der Waals surface area contributed by atoms with Gasteiger partial charge < -0.3 is 19.3 Å². The van der Waals surface area contributed by atoms with Crippen molar-refractivity contribution in [2.24, 2.45) is 0 Å². The predicted molar refractivity (Wildman–Crippen MR) is 130 cm³/mol. The van der Waals surface area contributed by atoms with Crippen molar-refractivity contribution in [3.8, 4) is 11.1 Å². The van der Waals surface area contributed by atoms with E-state index in [1.807, 2.05) is 11.0 Å². The number of nitrogens with zero attached hydrogens (tertiary/aromatic N) is 3. The molecule has 0 amide bonds. The molecule has 3 aromatic carbocycles. The fraction of sp³-hybridized carbons (Fsp3) is 0.259. The van der Waals surface area contributed by atoms with Gasteiger partial charge in [0, 0.05) is 25.3 Å². The maximum atomic E-state index is 14.0. The smallest absolute Gasteiger partial charge is 0.417 e. The molecule has 2 heterocycles. The highest BCUT2D eigenvalue weighted by molar-refractivity contribution is 6.03. The first kappa shape index (κ1) is 24.8. The van der Waals surface area contributed by atoms with Crippen molar-refractivity contribution < 1.29 is 32.2 Å². The van der Waals surface area contributed by atoms with Crippen LogP contribution in [0.15, 0.2) is 54.6 Å². The second-order valence-electron chi connectivity index (χ2n) is 8.86. The minimum atomic E-state index is -4.63. The fourth-order valence-corrected chi connectivity index (χ4v) is 4.79. The Labute approximate surface area is 209 Å². The van der Waals surface area contributed by atoms with Gasteiger partial charge in [-0.1, -0.05) is 24.3 Å². The Morgan fingerprint density at radius 2 is 1.78 bits per heavy atom. The normalized spacial score (nSPS) is 14.4. The first-order valence-electron chi connectivity index (χ1n) is 11.7. The van der Waals surface area contributed by atoms with Crippen LogP contribution in [-0.2, 0) is 17.5 Å². The summed E-state index contributed by atoms with van der Waals surface area (Å²) in [4.78, 5) is 18.6. The molecule has 0 unspecified atom stereocenters. The molecule has 37 heavy (non-hydrogen) atoms. The van der Waals surface area contributed by atoms with Crippen LogP contribution in [0.5, 0.6) is 0 Å². The molecule has 1 aromatic heterocycles. The lowest BCUT2D eigenvalue weighted by molar-refractivity contribution is -0.137. The third-order valence-corrected chi connectivity index (χ3v) is 6.55.